The second-order valence-corrected chi connectivity index (χ2v) is 7.47. The zero-order valence-corrected chi connectivity index (χ0v) is 16.0. The molecular weight excluding hydrogens is 348 g/mol. The van der Waals surface area contributed by atoms with E-state index in [1.807, 2.05) is 13.0 Å². The largest absolute Gasteiger partial charge is 0.477 e. The molecule has 1 aliphatic rings. The molecule has 26 heavy (non-hydrogen) atoms. The number of anilines is 1. The van der Waals surface area contributed by atoms with E-state index in [1.54, 1.807) is 6.08 Å². The first-order valence-electron chi connectivity index (χ1n) is 8.96. The molecule has 0 atom stereocenters. The van der Waals surface area contributed by atoms with Crippen molar-refractivity contribution in [1.82, 2.24) is 15.2 Å². The monoisotopic (exact) mass is 372 g/mol. The van der Waals surface area contributed by atoms with Crippen molar-refractivity contribution < 1.29 is 9.90 Å². The van der Waals surface area contributed by atoms with Gasteiger partial charge in [0.25, 0.3) is 0 Å². The first kappa shape index (κ1) is 18.5. The van der Waals surface area contributed by atoms with Gasteiger partial charge in [-0.2, -0.15) is 0 Å². The molecule has 0 unspecified atom stereocenters. The number of carbonyl (C=O) groups is 1. The Morgan fingerprint density at radius 3 is 2.81 bits per heavy atom. The van der Waals surface area contributed by atoms with Crippen LogP contribution in [0.5, 0.6) is 0 Å². The molecule has 2 N–H and O–H groups in total. The molecule has 0 amide bonds. The molecule has 3 rings (SSSR count). The van der Waals surface area contributed by atoms with Crippen LogP contribution in [0, 0.1) is 6.92 Å². The van der Waals surface area contributed by atoms with E-state index in [4.69, 9.17) is 0 Å². The smallest absolute Gasteiger partial charge is 0.342 e. The molecule has 7 heteroatoms. The van der Waals surface area contributed by atoms with E-state index in [9.17, 15) is 9.90 Å². The first-order chi connectivity index (χ1) is 12.6. The normalized spacial score (nSPS) is 14.8. The van der Waals surface area contributed by atoms with Crippen LogP contribution in [0.3, 0.4) is 0 Å². The summed E-state index contributed by atoms with van der Waals surface area (Å²) in [6.45, 7) is 6.26. The summed E-state index contributed by atoms with van der Waals surface area (Å²) in [6.07, 6.45) is 5.93. The van der Waals surface area contributed by atoms with E-state index in [0.29, 0.717) is 5.16 Å². The molecule has 0 spiro atoms. The average molecular weight is 372 g/mol. The van der Waals surface area contributed by atoms with E-state index in [1.165, 1.54) is 18.5 Å². The van der Waals surface area contributed by atoms with Gasteiger partial charge in [0.15, 0.2) is 0 Å². The van der Waals surface area contributed by atoms with Crippen molar-refractivity contribution in [2.75, 3.05) is 18.0 Å². The number of carboxylic acids is 1. The highest BCUT2D eigenvalue weighted by Gasteiger charge is 2.16. The van der Waals surface area contributed by atoms with Gasteiger partial charge in [-0.15, -0.1) is 5.10 Å². The fourth-order valence-corrected chi connectivity index (χ4v) is 3.76. The number of aryl methyl sites for hydroxylation is 2. The Balaban J connectivity index is 1.80. The van der Waals surface area contributed by atoms with Crippen LogP contribution < -0.4 is 4.90 Å². The Hall–Kier alpha value is -2.28. The lowest BCUT2D eigenvalue weighted by atomic mass is 10.1. The SMILES string of the molecule is CCCc1nc(S/C(=C/c2ccc(N3CCCC3)cc2C)C(=O)O)n[nH]1. The quantitative estimate of drug-likeness (QED) is 0.567. The van der Waals surface area contributed by atoms with Gasteiger partial charge in [-0.3, -0.25) is 5.10 Å². The van der Waals surface area contributed by atoms with Gasteiger partial charge in [-0.1, -0.05) is 13.0 Å². The molecule has 1 aromatic heterocycles. The summed E-state index contributed by atoms with van der Waals surface area (Å²) in [7, 11) is 0. The van der Waals surface area contributed by atoms with Crippen LogP contribution in [-0.4, -0.2) is 39.3 Å². The third-order valence-corrected chi connectivity index (χ3v) is 5.30. The number of rotatable bonds is 7. The van der Waals surface area contributed by atoms with Gasteiger partial charge in [0.05, 0.1) is 0 Å². The first-order valence-corrected chi connectivity index (χ1v) is 9.78. The van der Waals surface area contributed by atoms with E-state index in [-0.39, 0.29) is 4.91 Å². The second kappa shape index (κ2) is 8.40. The van der Waals surface area contributed by atoms with E-state index >= 15 is 0 Å². The highest BCUT2D eigenvalue weighted by molar-refractivity contribution is 8.04. The van der Waals surface area contributed by atoms with Crippen LogP contribution in [0.2, 0.25) is 0 Å². The third-order valence-electron chi connectivity index (χ3n) is 4.42. The van der Waals surface area contributed by atoms with E-state index in [0.717, 1.165) is 54.6 Å². The summed E-state index contributed by atoms with van der Waals surface area (Å²) in [4.78, 5) is 18.6. The minimum Gasteiger partial charge on any atom is -0.477 e. The van der Waals surface area contributed by atoms with Crippen LogP contribution in [0.25, 0.3) is 6.08 Å². The molecule has 138 valence electrons. The molecule has 0 bridgehead atoms. The Bertz CT molecular complexity index is 810. The number of nitrogens with one attached hydrogen (secondary N) is 1. The van der Waals surface area contributed by atoms with Crippen LogP contribution in [0.15, 0.2) is 28.3 Å². The van der Waals surface area contributed by atoms with Gasteiger partial charge in [0.2, 0.25) is 5.16 Å². The molecule has 1 aromatic carbocycles. The van der Waals surface area contributed by atoms with Gasteiger partial charge in [0.1, 0.15) is 10.7 Å². The maximum atomic E-state index is 11.7. The molecule has 0 saturated carbocycles. The number of H-pyrrole nitrogens is 1. The summed E-state index contributed by atoms with van der Waals surface area (Å²) in [6, 6.07) is 6.20. The van der Waals surface area contributed by atoms with E-state index < -0.39 is 5.97 Å². The molecule has 2 aromatic rings. The number of aromatic amines is 1. The fraction of sp³-hybridized carbons (Fsp3) is 0.421. The standard InChI is InChI=1S/C19H24N4O2S/c1-3-6-17-20-19(22-21-17)26-16(18(24)25)12-14-7-8-15(11-13(14)2)23-9-4-5-10-23/h7-8,11-12H,3-6,9-10H2,1-2H3,(H,24,25)(H,20,21,22)/b16-12+. The predicted octanol–water partition coefficient (Wildman–Crippen LogP) is 3.88. The molecule has 2 heterocycles. The number of benzene rings is 1. The van der Waals surface area contributed by atoms with Crippen LogP contribution in [0.4, 0.5) is 5.69 Å². The van der Waals surface area contributed by atoms with Crippen molar-refractivity contribution in [3.05, 3.63) is 40.1 Å². The summed E-state index contributed by atoms with van der Waals surface area (Å²) in [5.74, 6) is -0.189. The predicted molar refractivity (Wildman–Crippen MR) is 104 cm³/mol. The lowest BCUT2D eigenvalue weighted by Gasteiger charge is -2.18. The number of aromatic nitrogens is 3. The van der Waals surface area contributed by atoms with Crippen molar-refractivity contribution in [1.29, 1.82) is 0 Å². The number of thioether (sulfide) groups is 1. The Morgan fingerprint density at radius 2 is 2.15 bits per heavy atom. The van der Waals surface area contributed by atoms with Gasteiger partial charge in [-0.25, -0.2) is 9.78 Å². The summed E-state index contributed by atoms with van der Waals surface area (Å²) in [5.41, 5.74) is 3.18. The molecular formula is C19H24N4O2S. The van der Waals surface area contributed by atoms with Crippen molar-refractivity contribution in [3.63, 3.8) is 0 Å². The summed E-state index contributed by atoms with van der Waals surface area (Å²) in [5, 5.41) is 17.0. The van der Waals surface area contributed by atoms with Gasteiger partial charge in [-0.05, 0) is 67.3 Å². The second-order valence-electron chi connectivity index (χ2n) is 6.47. The van der Waals surface area contributed by atoms with Gasteiger partial charge >= 0.3 is 5.97 Å². The van der Waals surface area contributed by atoms with Crippen molar-refractivity contribution >= 4 is 29.5 Å². The van der Waals surface area contributed by atoms with Gasteiger partial charge < -0.3 is 10.0 Å². The maximum absolute atomic E-state index is 11.7. The number of hydrogen-bond acceptors (Lipinski definition) is 5. The fourth-order valence-electron chi connectivity index (χ4n) is 3.04. The van der Waals surface area contributed by atoms with Crippen LogP contribution in [-0.2, 0) is 11.2 Å². The molecule has 1 fully saturated rings. The Morgan fingerprint density at radius 1 is 1.38 bits per heavy atom. The number of aliphatic carboxylic acids is 1. The summed E-state index contributed by atoms with van der Waals surface area (Å²) >= 11 is 1.07. The molecule has 6 nitrogen and oxygen atoms in total. The third kappa shape index (κ3) is 4.46. The van der Waals surface area contributed by atoms with Crippen molar-refractivity contribution in [2.45, 2.75) is 44.7 Å². The zero-order chi connectivity index (χ0) is 18.5. The van der Waals surface area contributed by atoms with Crippen LogP contribution in [0.1, 0.15) is 43.1 Å². The number of carboxylic acid groups (broad SMARTS) is 1. The highest BCUT2D eigenvalue weighted by atomic mass is 32.2. The topological polar surface area (TPSA) is 82.1 Å². The van der Waals surface area contributed by atoms with Crippen LogP contribution >= 0.6 is 11.8 Å². The number of hydrogen-bond donors (Lipinski definition) is 2. The minimum absolute atomic E-state index is 0.212. The minimum atomic E-state index is -0.972. The maximum Gasteiger partial charge on any atom is 0.342 e. The summed E-state index contributed by atoms with van der Waals surface area (Å²) < 4.78 is 0. The molecule has 1 aliphatic heterocycles. The lowest BCUT2D eigenvalue weighted by Crippen LogP contribution is -2.17. The van der Waals surface area contributed by atoms with Crippen molar-refractivity contribution in [2.24, 2.45) is 0 Å². The van der Waals surface area contributed by atoms with Gasteiger partial charge in [0, 0.05) is 25.2 Å². The lowest BCUT2D eigenvalue weighted by molar-refractivity contribution is -0.131. The molecule has 1 saturated heterocycles. The molecule has 0 aliphatic carbocycles. The van der Waals surface area contributed by atoms with E-state index in [2.05, 4.69) is 39.1 Å². The average Bonchev–Trinajstić information content (AvgIpc) is 3.28. The number of nitrogens with zero attached hydrogens (tertiary/aromatic N) is 3. The Kier molecular flexibility index (Phi) is 5.98. The zero-order valence-electron chi connectivity index (χ0n) is 15.2. The Labute approximate surface area is 157 Å². The molecule has 0 radical (unpaired) electrons. The highest BCUT2D eigenvalue weighted by Crippen LogP contribution is 2.29. The van der Waals surface area contributed by atoms with Crippen molar-refractivity contribution in [3.8, 4) is 0 Å².